The lowest BCUT2D eigenvalue weighted by atomic mass is 10.1. The molecule has 1 unspecified atom stereocenters. The van der Waals surface area contributed by atoms with Crippen molar-refractivity contribution in [1.29, 1.82) is 5.26 Å². The molecule has 16 heavy (non-hydrogen) atoms. The summed E-state index contributed by atoms with van der Waals surface area (Å²) in [5.74, 6) is 0. The first-order valence-electron chi connectivity index (χ1n) is 4.63. The first-order valence-corrected chi connectivity index (χ1v) is 4.63. The molecule has 0 saturated heterocycles. The summed E-state index contributed by atoms with van der Waals surface area (Å²) in [5, 5.41) is 16.3. The highest BCUT2D eigenvalue weighted by molar-refractivity contribution is 5.81. The molecule has 1 N–H and O–H groups in total. The lowest BCUT2D eigenvalue weighted by Gasteiger charge is -2.09. The normalized spacial score (nSPS) is 12.0. The maximum absolute atomic E-state index is 10.4. The van der Waals surface area contributed by atoms with Crippen LogP contribution in [0, 0.1) is 11.3 Å². The summed E-state index contributed by atoms with van der Waals surface area (Å²) in [6.07, 6.45) is 5.40. The number of fused-ring (bicyclic) bond motifs is 1. The lowest BCUT2D eigenvalue weighted by Crippen LogP contribution is -2.18. The topological polar surface area (TPSA) is 83.6 Å². The summed E-state index contributed by atoms with van der Waals surface area (Å²) in [5.41, 5.74) is 1.45. The zero-order valence-electron chi connectivity index (χ0n) is 8.58. The van der Waals surface area contributed by atoms with Crippen LogP contribution in [0.15, 0.2) is 18.6 Å². The Hall–Kier alpha value is -2.42. The van der Waals surface area contributed by atoms with Crippen LogP contribution >= 0.6 is 0 Å². The first-order chi connectivity index (χ1) is 7.77. The monoisotopic (exact) mass is 215 g/mol. The molecular formula is C10H9N5O. The van der Waals surface area contributed by atoms with Crippen LogP contribution in [0.5, 0.6) is 0 Å². The van der Waals surface area contributed by atoms with E-state index in [1.54, 1.807) is 30.3 Å². The van der Waals surface area contributed by atoms with Crippen molar-refractivity contribution in [2.75, 3.05) is 0 Å². The van der Waals surface area contributed by atoms with Crippen molar-refractivity contribution in [3.05, 3.63) is 24.2 Å². The molecule has 1 amide bonds. The van der Waals surface area contributed by atoms with Crippen molar-refractivity contribution in [3.63, 3.8) is 0 Å². The van der Waals surface area contributed by atoms with E-state index >= 15 is 0 Å². The van der Waals surface area contributed by atoms with Crippen LogP contribution < -0.4 is 5.32 Å². The number of hydrogen-bond acceptors (Lipinski definition) is 4. The summed E-state index contributed by atoms with van der Waals surface area (Å²) in [4.78, 5) is 14.4. The van der Waals surface area contributed by atoms with E-state index in [-0.39, 0.29) is 0 Å². The molecule has 6 heteroatoms. The fourth-order valence-electron chi connectivity index (χ4n) is 1.64. The van der Waals surface area contributed by atoms with E-state index in [2.05, 4.69) is 15.4 Å². The molecule has 2 aromatic rings. The maximum atomic E-state index is 10.4. The van der Waals surface area contributed by atoms with E-state index in [1.807, 2.05) is 6.07 Å². The Kier molecular flexibility index (Phi) is 2.52. The highest BCUT2D eigenvalue weighted by atomic mass is 16.1. The minimum Gasteiger partial charge on any atom is -0.339 e. The second kappa shape index (κ2) is 3.98. The van der Waals surface area contributed by atoms with Crippen LogP contribution in [0.25, 0.3) is 10.9 Å². The second-order valence-corrected chi connectivity index (χ2v) is 3.28. The second-order valence-electron chi connectivity index (χ2n) is 3.28. The van der Waals surface area contributed by atoms with Gasteiger partial charge in [-0.05, 0) is 0 Å². The van der Waals surface area contributed by atoms with E-state index in [0.717, 1.165) is 10.9 Å². The van der Waals surface area contributed by atoms with Gasteiger partial charge in [-0.15, -0.1) is 0 Å². The van der Waals surface area contributed by atoms with Crippen LogP contribution in [0.1, 0.15) is 11.6 Å². The third kappa shape index (κ3) is 1.48. The van der Waals surface area contributed by atoms with Crippen molar-refractivity contribution in [1.82, 2.24) is 20.1 Å². The standard InChI is InChI=1S/C10H9N5O/c1-15-10-7(4-14-15)3-12-5-8(10)9(2-11)13-6-16/h3-6,9H,1H3,(H,13,16). The first kappa shape index (κ1) is 10.1. The van der Waals surface area contributed by atoms with E-state index in [1.165, 1.54) is 0 Å². The zero-order chi connectivity index (χ0) is 11.5. The van der Waals surface area contributed by atoms with Crippen LogP contribution in [-0.4, -0.2) is 21.2 Å². The predicted molar refractivity (Wildman–Crippen MR) is 56.1 cm³/mol. The average molecular weight is 215 g/mol. The van der Waals surface area contributed by atoms with Crippen LogP contribution in [0.2, 0.25) is 0 Å². The molecule has 0 aliphatic heterocycles. The molecule has 2 heterocycles. The van der Waals surface area contributed by atoms with E-state index in [9.17, 15) is 4.79 Å². The Bertz CT molecular complexity index is 568. The van der Waals surface area contributed by atoms with Gasteiger partial charge in [-0.2, -0.15) is 10.4 Å². The number of hydrogen-bond donors (Lipinski definition) is 1. The number of carbonyl (C=O) groups excluding carboxylic acids is 1. The van der Waals surface area contributed by atoms with E-state index in [4.69, 9.17) is 5.26 Å². The molecule has 0 aliphatic rings. The quantitative estimate of drug-likeness (QED) is 0.745. The van der Waals surface area contributed by atoms with E-state index in [0.29, 0.717) is 12.0 Å². The Morgan fingerprint density at radius 3 is 3.06 bits per heavy atom. The van der Waals surface area contributed by atoms with Crippen molar-refractivity contribution in [2.45, 2.75) is 6.04 Å². The Balaban J connectivity index is 2.63. The number of aromatic nitrogens is 3. The summed E-state index contributed by atoms with van der Waals surface area (Å²) < 4.78 is 1.66. The highest BCUT2D eigenvalue weighted by Crippen LogP contribution is 2.21. The molecule has 0 bridgehead atoms. The lowest BCUT2D eigenvalue weighted by molar-refractivity contribution is -0.109. The van der Waals surface area contributed by atoms with E-state index < -0.39 is 6.04 Å². The number of aryl methyl sites for hydroxylation is 1. The molecule has 0 fully saturated rings. The minimum absolute atomic E-state index is 0.503. The van der Waals surface area contributed by atoms with Gasteiger partial charge < -0.3 is 5.32 Å². The van der Waals surface area contributed by atoms with Crippen molar-refractivity contribution in [3.8, 4) is 6.07 Å². The zero-order valence-corrected chi connectivity index (χ0v) is 8.58. The number of pyridine rings is 1. The largest absolute Gasteiger partial charge is 0.339 e. The fraction of sp³-hybridized carbons (Fsp3) is 0.200. The molecule has 0 radical (unpaired) electrons. The Morgan fingerprint density at radius 2 is 2.38 bits per heavy atom. The SMILES string of the molecule is Cn1ncc2cncc(C(C#N)NC=O)c21. The molecule has 0 spiro atoms. The molecule has 6 nitrogen and oxygen atoms in total. The number of carbonyl (C=O) groups is 1. The van der Waals surface area contributed by atoms with Gasteiger partial charge in [0, 0.05) is 30.4 Å². The van der Waals surface area contributed by atoms with Gasteiger partial charge in [0.15, 0.2) is 0 Å². The molecule has 2 rings (SSSR count). The highest BCUT2D eigenvalue weighted by Gasteiger charge is 2.15. The molecular weight excluding hydrogens is 206 g/mol. The number of nitrogens with zero attached hydrogens (tertiary/aromatic N) is 4. The summed E-state index contributed by atoms with van der Waals surface area (Å²) in [6, 6.07) is 1.30. The van der Waals surface area contributed by atoms with Gasteiger partial charge in [-0.3, -0.25) is 14.5 Å². The van der Waals surface area contributed by atoms with Gasteiger partial charge in [0.25, 0.3) is 0 Å². The van der Waals surface area contributed by atoms with Crippen molar-refractivity contribution in [2.24, 2.45) is 7.05 Å². The molecule has 2 aromatic heterocycles. The fourth-order valence-corrected chi connectivity index (χ4v) is 1.64. The summed E-state index contributed by atoms with van der Waals surface area (Å²) in [6.45, 7) is 0. The third-order valence-corrected chi connectivity index (χ3v) is 2.34. The van der Waals surface area contributed by atoms with Crippen LogP contribution in [0.3, 0.4) is 0 Å². The average Bonchev–Trinajstić information content (AvgIpc) is 2.68. The van der Waals surface area contributed by atoms with Gasteiger partial charge in [-0.25, -0.2) is 0 Å². The maximum Gasteiger partial charge on any atom is 0.208 e. The van der Waals surface area contributed by atoms with Gasteiger partial charge in [0.1, 0.15) is 6.04 Å². The third-order valence-electron chi connectivity index (χ3n) is 2.34. The van der Waals surface area contributed by atoms with Gasteiger partial charge in [0.2, 0.25) is 6.41 Å². The molecule has 1 atom stereocenters. The molecule has 80 valence electrons. The van der Waals surface area contributed by atoms with Gasteiger partial charge >= 0.3 is 0 Å². The van der Waals surface area contributed by atoms with Gasteiger partial charge in [-0.1, -0.05) is 0 Å². The van der Waals surface area contributed by atoms with Crippen molar-refractivity contribution >= 4 is 17.3 Å². The minimum atomic E-state index is -0.705. The van der Waals surface area contributed by atoms with Gasteiger partial charge in [0.05, 0.1) is 17.8 Å². The molecule has 0 saturated carbocycles. The molecule has 0 aromatic carbocycles. The number of amides is 1. The Labute approximate surface area is 91.5 Å². The number of nitrogens with one attached hydrogen (secondary N) is 1. The smallest absolute Gasteiger partial charge is 0.208 e. The number of rotatable bonds is 3. The predicted octanol–water partition coefficient (Wildman–Crippen LogP) is 0.279. The van der Waals surface area contributed by atoms with Crippen LogP contribution in [0.4, 0.5) is 0 Å². The number of nitriles is 1. The van der Waals surface area contributed by atoms with Crippen molar-refractivity contribution < 1.29 is 4.79 Å². The summed E-state index contributed by atoms with van der Waals surface area (Å²) in [7, 11) is 1.78. The van der Waals surface area contributed by atoms with Crippen LogP contribution in [-0.2, 0) is 11.8 Å². The molecule has 0 aliphatic carbocycles. The summed E-state index contributed by atoms with van der Waals surface area (Å²) >= 11 is 0. The Morgan fingerprint density at radius 1 is 1.56 bits per heavy atom.